The Balaban J connectivity index is 1.86. The molecule has 5 heteroatoms. The molecule has 1 aliphatic heterocycles. The third-order valence-electron chi connectivity index (χ3n) is 4.20. The van der Waals surface area contributed by atoms with Crippen LogP contribution in [-0.4, -0.2) is 44.7 Å². The van der Waals surface area contributed by atoms with Crippen LogP contribution in [0.1, 0.15) is 46.9 Å². The molecule has 1 saturated heterocycles. The van der Waals surface area contributed by atoms with Crippen molar-refractivity contribution in [2.24, 2.45) is 0 Å². The van der Waals surface area contributed by atoms with Crippen molar-refractivity contribution < 1.29 is 19.2 Å². The maximum atomic E-state index is 12.2. The highest BCUT2D eigenvalue weighted by atomic mass is 16.5. The van der Waals surface area contributed by atoms with Crippen molar-refractivity contribution in [2.45, 2.75) is 32.2 Å². The second-order valence-electron chi connectivity index (χ2n) is 5.82. The van der Waals surface area contributed by atoms with Gasteiger partial charge >= 0.3 is 5.97 Å². The van der Waals surface area contributed by atoms with Gasteiger partial charge < -0.3 is 15.0 Å². The lowest BCUT2D eigenvalue weighted by Crippen LogP contribution is -3.13. The summed E-state index contributed by atoms with van der Waals surface area (Å²) in [4.78, 5) is 25.2. The summed E-state index contributed by atoms with van der Waals surface area (Å²) in [5.41, 5.74) is 1.03. The molecule has 1 amide bonds. The van der Waals surface area contributed by atoms with Crippen LogP contribution in [0.3, 0.4) is 0 Å². The van der Waals surface area contributed by atoms with E-state index in [4.69, 9.17) is 0 Å². The van der Waals surface area contributed by atoms with Crippen LogP contribution in [0.15, 0.2) is 24.3 Å². The van der Waals surface area contributed by atoms with Crippen LogP contribution in [0.2, 0.25) is 0 Å². The van der Waals surface area contributed by atoms with Crippen molar-refractivity contribution in [3.8, 4) is 0 Å². The fourth-order valence-corrected chi connectivity index (χ4v) is 2.92. The molecule has 1 aliphatic rings. The smallest absolute Gasteiger partial charge is 0.337 e. The molecule has 2 rings (SSSR count). The molecule has 0 atom stereocenters. The fraction of sp³-hybridized carbons (Fsp3) is 0.529. The average Bonchev–Trinajstić information content (AvgIpc) is 2.56. The first kappa shape index (κ1) is 16.5. The number of likely N-dealkylation sites (tertiary alicyclic amines) is 1. The van der Waals surface area contributed by atoms with E-state index in [0.29, 0.717) is 11.1 Å². The van der Waals surface area contributed by atoms with Gasteiger partial charge in [0.15, 0.2) is 0 Å². The monoisotopic (exact) mass is 305 g/mol. The first-order valence-electron chi connectivity index (χ1n) is 7.96. The van der Waals surface area contributed by atoms with E-state index >= 15 is 0 Å². The minimum Gasteiger partial charge on any atom is -0.465 e. The van der Waals surface area contributed by atoms with Gasteiger partial charge in [-0.25, -0.2) is 4.79 Å². The van der Waals surface area contributed by atoms with Gasteiger partial charge in [-0.2, -0.15) is 0 Å². The topological polar surface area (TPSA) is 59.8 Å². The number of esters is 1. The van der Waals surface area contributed by atoms with Crippen LogP contribution in [0, 0.1) is 0 Å². The number of benzene rings is 1. The highest BCUT2D eigenvalue weighted by molar-refractivity contribution is 5.96. The largest absolute Gasteiger partial charge is 0.465 e. The molecule has 120 valence electrons. The van der Waals surface area contributed by atoms with E-state index in [9.17, 15) is 9.59 Å². The van der Waals surface area contributed by atoms with Crippen molar-refractivity contribution in [2.75, 3.05) is 26.7 Å². The number of piperidine rings is 1. The second-order valence-corrected chi connectivity index (χ2v) is 5.82. The number of rotatable bonds is 5. The zero-order chi connectivity index (χ0) is 15.9. The third kappa shape index (κ3) is 4.31. The fourth-order valence-electron chi connectivity index (χ4n) is 2.92. The van der Waals surface area contributed by atoms with E-state index in [1.54, 1.807) is 29.2 Å². The van der Waals surface area contributed by atoms with Gasteiger partial charge in [0.05, 0.1) is 32.3 Å². The maximum Gasteiger partial charge on any atom is 0.337 e. The Morgan fingerprint density at radius 2 is 1.77 bits per heavy atom. The zero-order valence-corrected chi connectivity index (χ0v) is 13.4. The average molecular weight is 305 g/mol. The lowest BCUT2D eigenvalue weighted by atomic mass is 10.0. The lowest BCUT2D eigenvalue weighted by molar-refractivity contribution is -0.905. The van der Waals surface area contributed by atoms with Gasteiger partial charge in [-0.1, -0.05) is 6.92 Å². The highest BCUT2D eigenvalue weighted by Gasteiger charge is 2.23. The lowest BCUT2D eigenvalue weighted by Gasteiger charge is -2.29. The summed E-state index contributed by atoms with van der Waals surface area (Å²) >= 11 is 0. The van der Waals surface area contributed by atoms with Crippen molar-refractivity contribution in [1.29, 1.82) is 0 Å². The predicted octanol–water partition coefficient (Wildman–Crippen LogP) is 0.660. The van der Waals surface area contributed by atoms with Gasteiger partial charge in [-0.3, -0.25) is 4.79 Å². The first-order valence-corrected chi connectivity index (χ1v) is 7.96. The third-order valence-corrected chi connectivity index (χ3v) is 4.20. The van der Waals surface area contributed by atoms with E-state index in [-0.39, 0.29) is 11.9 Å². The number of ether oxygens (including phenoxy) is 1. The molecule has 0 unspecified atom stereocenters. The standard InChI is InChI=1S/C17H24N2O3/c1-3-10-19-11-8-15(9-12-19)18-16(20)13-4-6-14(7-5-13)17(21)22-2/h4-7,15H,3,8-12H2,1-2H3,(H,18,20)/p+1. The molecule has 5 nitrogen and oxygen atoms in total. The van der Waals surface area contributed by atoms with Crippen LogP contribution >= 0.6 is 0 Å². The molecule has 1 aromatic carbocycles. The number of carbonyl (C=O) groups is 2. The number of nitrogens with one attached hydrogen (secondary N) is 2. The van der Waals surface area contributed by atoms with E-state index in [1.165, 1.54) is 20.1 Å². The number of hydrogen-bond donors (Lipinski definition) is 2. The van der Waals surface area contributed by atoms with E-state index in [0.717, 1.165) is 25.9 Å². The van der Waals surface area contributed by atoms with Gasteiger partial charge in [0, 0.05) is 24.4 Å². The molecular weight excluding hydrogens is 280 g/mol. The Hall–Kier alpha value is -1.88. The maximum absolute atomic E-state index is 12.2. The van der Waals surface area contributed by atoms with E-state index in [2.05, 4.69) is 17.0 Å². The van der Waals surface area contributed by atoms with Crippen LogP contribution in [0.5, 0.6) is 0 Å². The summed E-state index contributed by atoms with van der Waals surface area (Å²) in [7, 11) is 1.34. The summed E-state index contributed by atoms with van der Waals surface area (Å²) in [5.74, 6) is -0.460. The van der Waals surface area contributed by atoms with Gasteiger partial charge in [0.1, 0.15) is 0 Å². The predicted molar refractivity (Wildman–Crippen MR) is 84.1 cm³/mol. The van der Waals surface area contributed by atoms with Crippen molar-refractivity contribution >= 4 is 11.9 Å². The molecule has 0 radical (unpaired) electrons. The van der Waals surface area contributed by atoms with Gasteiger partial charge in [-0.15, -0.1) is 0 Å². The van der Waals surface area contributed by atoms with Gasteiger partial charge in [0.25, 0.3) is 5.91 Å². The van der Waals surface area contributed by atoms with Crippen molar-refractivity contribution in [1.82, 2.24) is 5.32 Å². The molecule has 0 bridgehead atoms. The molecule has 0 saturated carbocycles. The number of carbonyl (C=O) groups excluding carboxylic acids is 2. The second kappa shape index (κ2) is 7.94. The van der Waals surface area contributed by atoms with Crippen LogP contribution in [-0.2, 0) is 4.74 Å². The van der Waals surface area contributed by atoms with Gasteiger partial charge in [0.2, 0.25) is 0 Å². The summed E-state index contributed by atoms with van der Waals surface area (Å²) in [6.45, 7) is 5.68. The Morgan fingerprint density at radius 1 is 1.18 bits per heavy atom. The summed E-state index contributed by atoms with van der Waals surface area (Å²) < 4.78 is 4.65. The number of quaternary nitrogens is 1. The van der Waals surface area contributed by atoms with Crippen molar-refractivity contribution in [3.05, 3.63) is 35.4 Å². The molecule has 1 aromatic rings. The SMILES string of the molecule is CCC[NH+]1CCC(NC(=O)c2ccc(C(=O)OC)cc2)CC1. The molecule has 0 aromatic heterocycles. The highest BCUT2D eigenvalue weighted by Crippen LogP contribution is 2.07. The summed E-state index contributed by atoms with van der Waals surface area (Å²) in [6, 6.07) is 6.83. The Kier molecular flexibility index (Phi) is 5.95. The Morgan fingerprint density at radius 3 is 2.32 bits per heavy atom. The Labute approximate surface area is 131 Å². The molecule has 2 N–H and O–H groups in total. The summed E-state index contributed by atoms with van der Waals surface area (Å²) in [5, 5.41) is 3.09. The zero-order valence-electron chi connectivity index (χ0n) is 13.4. The molecule has 1 heterocycles. The quantitative estimate of drug-likeness (QED) is 0.786. The van der Waals surface area contributed by atoms with E-state index in [1.807, 2.05) is 0 Å². The van der Waals surface area contributed by atoms with Gasteiger partial charge in [-0.05, 0) is 30.7 Å². The van der Waals surface area contributed by atoms with Crippen LogP contribution in [0.25, 0.3) is 0 Å². The minimum absolute atomic E-state index is 0.0691. The molecule has 22 heavy (non-hydrogen) atoms. The van der Waals surface area contributed by atoms with Crippen LogP contribution in [0.4, 0.5) is 0 Å². The number of methoxy groups -OCH3 is 1. The molecule has 0 spiro atoms. The molecular formula is C17H25N2O3+. The van der Waals surface area contributed by atoms with Crippen molar-refractivity contribution in [3.63, 3.8) is 0 Å². The number of hydrogen-bond acceptors (Lipinski definition) is 3. The Bertz CT molecular complexity index is 505. The van der Waals surface area contributed by atoms with E-state index < -0.39 is 5.97 Å². The molecule has 1 fully saturated rings. The minimum atomic E-state index is -0.391. The molecule has 0 aliphatic carbocycles. The summed E-state index contributed by atoms with van der Waals surface area (Å²) in [6.07, 6.45) is 3.27. The first-order chi connectivity index (χ1) is 10.6. The normalized spacial score (nSPS) is 21.2. The van der Waals surface area contributed by atoms with Crippen LogP contribution < -0.4 is 10.2 Å². The number of amides is 1.